The SMILES string of the molecule is [2H]c1c([2H])c([2H])c(C(=O)Cc2cc3cc(-c4cnc(C)n4C)ncc3cn2)c(F)c1[2H]. The van der Waals surface area contributed by atoms with Gasteiger partial charge in [0.05, 0.1) is 35.1 Å². The lowest BCUT2D eigenvalue weighted by atomic mass is 10.0. The van der Waals surface area contributed by atoms with Crippen LogP contribution >= 0.6 is 0 Å². The molecule has 4 rings (SSSR count). The predicted molar refractivity (Wildman–Crippen MR) is 101 cm³/mol. The van der Waals surface area contributed by atoms with Crippen LogP contribution in [0.3, 0.4) is 0 Å². The molecule has 3 aromatic heterocycles. The summed E-state index contributed by atoms with van der Waals surface area (Å²) in [5.41, 5.74) is 1.22. The van der Waals surface area contributed by atoms with Gasteiger partial charge in [0.15, 0.2) is 5.78 Å². The van der Waals surface area contributed by atoms with E-state index in [2.05, 4.69) is 15.0 Å². The lowest BCUT2D eigenvalue weighted by molar-refractivity contribution is 0.0988. The first kappa shape index (κ1) is 12.9. The van der Waals surface area contributed by atoms with E-state index in [0.29, 0.717) is 11.4 Å². The van der Waals surface area contributed by atoms with Crippen molar-refractivity contribution < 1.29 is 14.7 Å². The van der Waals surface area contributed by atoms with E-state index in [1.807, 2.05) is 24.6 Å². The Morgan fingerprint density at radius 3 is 2.67 bits per heavy atom. The highest BCUT2D eigenvalue weighted by molar-refractivity contribution is 5.98. The van der Waals surface area contributed by atoms with Crippen LogP contribution in [0.4, 0.5) is 4.39 Å². The second-order valence-electron chi connectivity index (χ2n) is 6.13. The minimum absolute atomic E-state index is 0.308. The molecule has 1 aromatic carbocycles. The average Bonchev–Trinajstić information content (AvgIpc) is 3.09. The number of aromatic nitrogens is 4. The first-order valence-electron chi connectivity index (χ1n) is 10.2. The summed E-state index contributed by atoms with van der Waals surface area (Å²) >= 11 is 0. The van der Waals surface area contributed by atoms with E-state index in [-0.39, 0.29) is 6.42 Å². The van der Waals surface area contributed by atoms with Gasteiger partial charge in [0.2, 0.25) is 0 Å². The number of hydrogen-bond acceptors (Lipinski definition) is 4. The van der Waals surface area contributed by atoms with E-state index in [9.17, 15) is 9.18 Å². The Bertz CT molecular complexity index is 1340. The number of aryl methyl sites for hydroxylation is 1. The van der Waals surface area contributed by atoms with Crippen LogP contribution in [0.5, 0.6) is 0 Å². The van der Waals surface area contributed by atoms with Crippen molar-refractivity contribution in [3.63, 3.8) is 0 Å². The number of nitrogens with zero attached hydrogens (tertiary/aromatic N) is 4. The number of benzene rings is 1. The second kappa shape index (κ2) is 6.72. The molecule has 0 amide bonds. The highest BCUT2D eigenvalue weighted by atomic mass is 19.1. The zero-order valence-corrected chi connectivity index (χ0v) is 14.7. The van der Waals surface area contributed by atoms with Crippen molar-refractivity contribution in [3.8, 4) is 11.4 Å². The molecule has 0 unspecified atom stereocenters. The van der Waals surface area contributed by atoms with E-state index in [0.717, 1.165) is 22.3 Å². The number of carbonyl (C=O) groups is 1. The summed E-state index contributed by atoms with van der Waals surface area (Å²) in [6.45, 7) is 1.88. The molecule has 0 atom stereocenters. The number of carbonyl (C=O) groups excluding carboxylic acids is 1. The van der Waals surface area contributed by atoms with Crippen LogP contribution in [-0.2, 0) is 13.5 Å². The molecule has 3 heterocycles. The Morgan fingerprint density at radius 2 is 1.89 bits per heavy atom. The Hall–Kier alpha value is -3.41. The van der Waals surface area contributed by atoms with Gasteiger partial charge in [-0.15, -0.1) is 0 Å². The fourth-order valence-electron chi connectivity index (χ4n) is 2.80. The minimum Gasteiger partial charge on any atom is -0.330 e. The molecule has 0 spiro atoms. The van der Waals surface area contributed by atoms with Crippen LogP contribution in [-0.4, -0.2) is 25.3 Å². The van der Waals surface area contributed by atoms with Gasteiger partial charge in [-0.2, -0.15) is 0 Å². The van der Waals surface area contributed by atoms with Crippen molar-refractivity contribution >= 4 is 16.6 Å². The van der Waals surface area contributed by atoms with Gasteiger partial charge in [-0.3, -0.25) is 14.8 Å². The molecule has 4 aromatic rings. The standard InChI is InChI=1S/C21H17FN4O/c1-13-23-12-20(26(13)2)19-8-14-7-16(24-10-15(14)11-25-19)9-21(27)17-5-3-4-6-18(17)22/h3-8,10-12H,9H2,1-2H3/i3D,4D,5D,6D. The molecule has 0 radical (unpaired) electrons. The third-order valence-corrected chi connectivity index (χ3v) is 4.40. The molecule has 6 heteroatoms. The van der Waals surface area contributed by atoms with E-state index >= 15 is 0 Å². The topological polar surface area (TPSA) is 60.7 Å². The minimum atomic E-state index is -1.25. The molecule has 0 fully saturated rings. The van der Waals surface area contributed by atoms with Gasteiger partial charge in [-0.25, -0.2) is 9.37 Å². The van der Waals surface area contributed by atoms with Crippen molar-refractivity contribution in [1.82, 2.24) is 19.5 Å². The van der Waals surface area contributed by atoms with Crippen molar-refractivity contribution in [2.75, 3.05) is 0 Å². The maximum Gasteiger partial charge on any atom is 0.171 e. The molecule has 0 saturated carbocycles. The fourth-order valence-corrected chi connectivity index (χ4v) is 2.80. The summed E-state index contributed by atoms with van der Waals surface area (Å²) in [6, 6.07) is 0.610. The van der Waals surface area contributed by atoms with Gasteiger partial charge in [0, 0.05) is 30.5 Å². The number of fused-ring (bicyclic) bond motifs is 1. The zero-order valence-electron chi connectivity index (χ0n) is 18.7. The Morgan fingerprint density at radius 1 is 1.11 bits per heavy atom. The zero-order chi connectivity index (χ0) is 22.4. The van der Waals surface area contributed by atoms with Crippen LogP contribution in [0.25, 0.3) is 22.2 Å². The van der Waals surface area contributed by atoms with Crippen LogP contribution in [0.1, 0.15) is 27.4 Å². The van der Waals surface area contributed by atoms with Crippen LogP contribution in [0, 0.1) is 12.7 Å². The molecule has 134 valence electrons. The maximum absolute atomic E-state index is 14.4. The van der Waals surface area contributed by atoms with E-state index in [1.165, 1.54) is 0 Å². The van der Waals surface area contributed by atoms with Gasteiger partial charge in [-0.1, -0.05) is 12.1 Å². The first-order valence-corrected chi connectivity index (χ1v) is 8.21. The maximum atomic E-state index is 14.4. The molecule has 27 heavy (non-hydrogen) atoms. The molecule has 0 N–H and O–H groups in total. The number of Topliss-reactive ketones (excluding diaryl/α,β-unsaturated/α-hetero) is 1. The van der Waals surface area contributed by atoms with Crippen LogP contribution in [0.2, 0.25) is 0 Å². The Balaban J connectivity index is 1.71. The van der Waals surface area contributed by atoms with E-state index in [1.54, 1.807) is 24.7 Å². The van der Waals surface area contributed by atoms with Crippen LogP contribution in [0.15, 0.2) is 54.9 Å². The number of ketones is 1. The number of halogens is 1. The van der Waals surface area contributed by atoms with Crippen molar-refractivity contribution in [2.24, 2.45) is 7.05 Å². The average molecular weight is 364 g/mol. The number of hydrogen-bond donors (Lipinski definition) is 0. The van der Waals surface area contributed by atoms with Crippen LogP contribution < -0.4 is 0 Å². The van der Waals surface area contributed by atoms with Crippen molar-refractivity contribution in [1.29, 1.82) is 0 Å². The fraction of sp³-hybridized carbons (Fsp3) is 0.143. The van der Waals surface area contributed by atoms with E-state index < -0.39 is 41.3 Å². The summed E-state index contributed by atoms with van der Waals surface area (Å²) in [5, 5.41) is 1.53. The lowest BCUT2D eigenvalue weighted by Gasteiger charge is -2.07. The van der Waals surface area contributed by atoms with E-state index in [4.69, 9.17) is 5.48 Å². The monoisotopic (exact) mass is 364 g/mol. The summed E-state index contributed by atoms with van der Waals surface area (Å²) in [7, 11) is 1.89. The number of rotatable bonds is 4. The molecule has 0 aliphatic heterocycles. The Labute approximate surface area is 161 Å². The Kier molecular flexibility index (Phi) is 3.20. The smallest absolute Gasteiger partial charge is 0.171 e. The molecule has 0 aliphatic rings. The predicted octanol–water partition coefficient (Wildman–Crippen LogP) is 3.90. The van der Waals surface area contributed by atoms with Crippen molar-refractivity contribution in [3.05, 3.63) is 77.8 Å². The summed E-state index contributed by atoms with van der Waals surface area (Å²) in [4.78, 5) is 25.6. The van der Waals surface area contributed by atoms with Gasteiger partial charge < -0.3 is 4.57 Å². The van der Waals surface area contributed by atoms with Gasteiger partial charge in [-0.05, 0) is 36.5 Å². The van der Waals surface area contributed by atoms with Gasteiger partial charge in [0.1, 0.15) is 11.6 Å². The normalized spacial score (nSPS) is 13.1. The molecule has 0 aliphatic carbocycles. The number of imidazole rings is 1. The van der Waals surface area contributed by atoms with Crippen molar-refractivity contribution in [2.45, 2.75) is 13.3 Å². The summed E-state index contributed by atoms with van der Waals surface area (Å²) in [5.74, 6) is -1.19. The molecular weight excluding hydrogens is 343 g/mol. The molecule has 0 bridgehead atoms. The summed E-state index contributed by atoms with van der Waals surface area (Å²) < 4.78 is 47.0. The third-order valence-electron chi connectivity index (χ3n) is 4.40. The summed E-state index contributed by atoms with van der Waals surface area (Å²) in [6.07, 6.45) is 4.64. The molecule has 5 nitrogen and oxygen atoms in total. The number of pyridine rings is 2. The molecule has 0 saturated heterocycles. The highest BCUT2D eigenvalue weighted by Gasteiger charge is 2.13. The third kappa shape index (κ3) is 3.21. The first-order chi connectivity index (χ1) is 14.7. The van der Waals surface area contributed by atoms with Gasteiger partial charge >= 0.3 is 0 Å². The largest absolute Gasteiger partial charge is 0.330 e. The highest BCUT2D eigenvalue weighted by Crippen LogP contribution is 2.23. The second-order valence-corrected chi connectivity index (χ2v) is 6.13. The molecular formula is C21H17FN4O. The van der Waals surface area contributed by atoms with Gasteiger partial charge in [0.25, 0.3) is 0 Å². The quantitative estimate of drug-likeness (QED) is 0.515. The lowest BCUT2D eigenvalue weighted by Crippen LogP contribution is -2.07.